The predicted octanol–water partition coefficient (Wildman–Crippen LogP) is 5.34. The van der Waals surface area contributed by atoms with Gasteiger partial charge in [-0.15, -0.1) is 11.8 Å². The van der Waals surface area contributed by atoms with Crippen LogP contribution in [0.2, 0.25) is 0 Å². The summed E-state index contributed by atoms with van der Waals surface area (Å²) in [4.78, 5) is 1.46. The lowest BCUT2D eigenvalue weighted by Crippen LogP contribution is -2.39. The van der Waals surface area contributed by atoms with Gasteiger partial charge in [0, 0.05) is 16.7 Å². The summed E-state index contributed by atoms with van der Waals surface area (Å²) in [6, 6.07) is 7.53. The van der Waals surface area contributed by atoms with Gasteiger partial charge in [-0.25, -0.2) is 0 Å². The van der Waals surface area contributed by atoms with Gasteiger partial charge >= 0.3 is 0 Å². The van der Waals surface area contributed by atoms with Gasteiger partial charge in [0.05, 0.1) is 0 Å². The quantitative estimate of drug-likeness (QED) is 0.682. The third kappa shape index (κ3) is 5.34. The molecule has 2 rings (SSSR count). The van der Waals surface area contributed by atoms with Crippen molar-refractivity contribution in [2.75, 3.05) is 12.3 Å². The maximum atomic E-state index is 3.82. The Kier molecular flexibility index (Phi) is 7.12. The maximum Gasteiger partial charge on any atom is 0.0189 e. The van der Waals surface area contributed by atoms with Crippen molar-refractivity contribution < 1.29 is 0 Å². The Hall–Kier alpha value is -0.470. The summed E-state index contributed by atoms with van der Waals surface area (Å²) in [7, 11) is 0. The summed E-state index contributed by atoms with van der Waals surface area (Å²) in [6.07, 6.45) is 8.40. The van der Waals surface area contributed by atoms with Crippen LogP contribution in [0.25, 0.3) is 0 Å². The van der Waals surface area contributed by atoms with Crippen molar-refractivity contribution in [2.45, 2.75) is 70.2 Å². The Morgan fingerprint density at radius 2 is 1.95 bits per heavy atom. The van der Waals surface area contributed by atoms with Crippen molar-refractivity contribution in [3.63, 3.8) is 0 Å². The molecule has 1 unspecified atom stereocenters. The number of benzene rings is 1. The largest absolute Gasteiger partial charge is 0.313 e. The number of thioether (sulfide) groups is 1. The second-order valence-electron chi connectivity index (χ2n) is 6.54. The SMILES string of the molecule is CCCNC(CSc1ccc(C)cc1C)C1CCCCC1. The third-order valence-electron chi connectivity index (χ3n) is 4.62. The van der Waals surface area contributed by atoms with Crippen molar-refractivity contribution >= 4 is 11.8 Å². The fraction of sp³-hybridized carbons (Fsp3) is 0.684. The summed E-state index contributed by atoms with van der Waals surface area (Å²) >= 11 is 2.05. The average molecular weight is 306 g/mol. The smallest absolute Gasteiger partial charge is 0.0189 e. The zero-order valence-corrected chi connectivity index (χ0v) is 14.8. The van der Waals surface area contributed by atoms with Crippen molar-refractivity contribution in [1.82, 2.24) is 5.32 Å². The highest BCUT2D eigenvalue weighted by Crippen LogP contribution is 2.31. The molecule has 0 aliphatic heterocycles. The van der Waals surface area contributed by atoms with Crippen LogP contribution in [0.1, 0.15) is 56.6 Å². The van der Waals surface area contributed by atoms with Crippen molar-refractivity contribution in [1.29, 1.82) is 0 Å². The highest BCUT2D eigenvalue weighted by atomic mass is 32.2. The van der Waals surface area contributed by atoms with E-state index in [0.29, 0.717) is 6.04 Å². The molecule has 1 saturated carbocycles. The monoisotopic (exact) mass is 305 g/mol. The van der Waals surface area contributed by atoms with Crippen LogP contribution >= 0.6 is 11.8 Å². The molecule has 0 bridgehead atoms. The van der Waals surface area contributed by atoms with Gasteiger partial charge in [0.1, 0.15) is 0 Å². The fourth-order valence-electron chi connectivity index (χ4n) is 3.37. The standard InChI is InChI=1S/C19H31NS/c1-4-12-20-18(17-8-6-5-7-9-17)14-21-19-11-10-15(2)13-16(19)3/h10-11,13,17-18,20H,4-9,12,14H2,1-3H3. The van der Waals surface area contributed by atoms with E-state index in [0.717, 1.165) is 12.5 Å². The minimum atomic E-state index is 0.691. The molecule has 0 heterocycles. The molecule has 1 aromatic carbocycles. The second-order valence-corrected chi connectivity index (χ2v) is 7.60. The van der Waals surface area contributed by atoms with Gasteiger partial charge in [0.15, 0.2) is 0 Å². The summed E-state index contributed by atoms with van der Waals surface area (Å²) in [5, 5.41) is 3.82. The molecule has 1 aliphatic rings. The van der Waals surface area contributed by atoms with E-state index in [1.807, 2.05) is 11.8 Å². The highest BCUT2D eigenvalue weighted by Gasteiger charge is 2.23. The number of hydrogen-bond acceptors (Lipinski definition) is 2. The highest BCUT2D eigenvalue weighted by molar-refractivity contribution is 7.99. The first-order chi connectivity index (χ1) is 10.2. The minimum absolute atomic E-state index is 0.691. The normalized spacial score (nSPS) is 17.9. The lowest BCUT2D eigenvalue weighted by Gasteiger charge is -2.31. The van der Waals surface area contributed by atoms with Gasteiger partial charge < -0.3 is 5.32 Å². The first kappa shape index (κ1) is 16.9. The molecule has 1 atom stereocenters. The molecule has 1 aromatic rings. The molecule has 21 heavy (non-hydrogen) atoms. The van der Waals surface area contributed by atoms with Gasteiger partial charge in [-0.2, -0.15) is 0 Å². The molecule has 1 aliphatic carbocycles. The summed E-state index contributed by atoms with van der Waals surface area (Å²) < 4.78 is 0. The fourth-order valence-corrected chi connectivity index (χ4v) is 4.57. The summed E-state index contributed by atoms with van der Waals surface area (Å²) in [5.41, 5.74) is 2.79. The van der Waals surface area contributed by atoms with E-state index in [4.69, 9.17) is 0 Å². The molecular weight excluding hydrogens is 274 g/mol. The van der Waals surface area contributed by atoms with Crippen LogP contribution in [-0.2, 0) is 0 Å². The lowest BCUT2D eigenvalue weighted by molar-refractivity contribution is 0.285. The molecule has 2 heteroatoms. The van der Waals surface area contributed by atoms with Crippen LogP contribution in [0, 0.1) is 19.8 Å². The van der Waals surface area contributed by atoms with E-state index in [1.54, 1.807) is 0 Å². The van der Waals surface area contributed by atoms with E-state index < -0.39 is 0 Å². The molecule has 0 spiro atoms. The Balaban J connectivity index is 1.93. The predicted molar refractivity (Wildman–Crippen MR) is 95.3 cm³/mol. The number of hydrogen-bond donors (Lipinski definition) is 1. The van der Waals surface area contributed by atoms with Gasteiger partial charge in [0.2, 0.25) is 0 Å². The van der Waals surface area contributed by atoms with E-state index in [1.165, 1.54) is 60.3 Å². The van der Waals surface area contributed by atoms with E-state index in [2.05, 4.69) is 44.3 Å². The summed E-state index contributed by atoms with van der Waals surface area (Å²) in [5.74, 6) is 2.11. The number of rotatable bonds is 7. The first-order valence-corrected chi connectivity index (χ1v) is 9.62. The van der Waals surface area contributed by atoms with E-state index >= 15 is 0 Å². The molecule has 1 nitrogen and oxygen atoms in total. The van der Waals surface area contributed by atoms with Crippen LogP contribution < -0.4 is 5.32 Å². The maximum absolute atomic E-state index is 3.82. The molecule has 0 saturated heterocycles. The van der Waals surface area contributed by atoms with Crippen molar-refractivity contribution in [3.05, 3.63) is 29.3 Å². The van der Waals surface area contributed by atoms with Crippen molar-refractivity contribution in [3.8, 4) is 0 Å². The lowest BCUT2D eigenvalue weighted by atomic mass is 9.84. The van der Waals surface area contributed by atoms with Crippen LogP contribution in [0.4, 0.5) is 0 Å². The van der Waals surface area contributed by atoms with Crippen LogP contribution in [0.15, 0.2) is 23.1 Å². The van der Waals surface area contributed by atoms with Gasteiger partial charge in [0.25, 0.3) is 0 Å². The van der Waals surface area contributed by atoms with Gasteiger partial charge in [-0.1, -0.05) is 43.9 Å². The molecule has 1 fully saturated rings. The Labute approximate surface area is 135 Å². The Morgan fingerprint density at radius 1 is 1.19 bits per heavy atom. The van der Waals surface area contributed by atoms with E-state index in [-0.39, 0.29) is 0 Å². The summed E-state index contributed by atoms with van der Waals surface area (Å²) in [6.45, 7) is 7.84. The van der Waals surface area contributed by atoms with Crippen LogP contribution in [0.5, 0.6) is 0 Å². The number of nitrogens with one attached hydrogen (secondary N) is 1. The second kappa shape index (κ2) is 8.85. The third-order valence-corrected chi connectivity index (χ3v) is 5.92. The topological polar surface area (TPSA) is 12.0 Å². The zero-order chi connectivity index (χ0) is 15.1. The minimum Gasteiger partial charge on any atom is -0.313 e. The molecule has 0 radical (unpaired) electrons. The number of aryl methyl sites for hydroxylation is 2. The Morgan fingerprint density at radius 3 is 2.62 bits per heavy atom. The van der Waals surface area contributed by atoms with Crippen LogP contribution in [-0.4, -0.2) is 18.3 Å². The van der Waals surface area contributed by atoms with Gasteiger partial charge in [-0.05, 0) is 57.2 Å². The first-order valence-electron chi connectivity index (χ1n) is 8.64. The van der Waals surface area contributed by atoms with E-state index in [9.17, 15) is 0 Å². The van der Waals surface area contributed by atoms with Crippen LogP contribution in [0.3, 0.4) is 0 Å². The zero-order valence-electron chi connectivity index (χ0n) is 14.0. The molecule has 1 N–H and O–H groups in total. The van der Waals surface area contributed by atoms with Crippen molar-refractivity contribution in [2.24, 2.45) is 5.92 Å². The molecule has 118 valence electrons. The molecule has 0 amide bonds. The average Bonchev–Trinajstić information content (AvgIpc) is 2.50. The Bertz CT molecular complexity index is 424. The van der Waals surface area contributed by atoms with Gasteiger partial charge in [-0.3, -0.25) is 0 Å². The molecule has 0 aromatic heterocycles. The molecular formula is C19H31NS.